The first-order chi connectivity index (χ1) is 9.53. The fraction of sp³-hybridized carbons (Fsp3) is 0.562. The topological polar surface area (TPSA) is 40.5 Å². The summed E-state index contributed by atoms with van der Waals surface area (Å²) in [7, 11) is 0. The zero-order valence-electron chi connectivity index (χ0n) is 11.7. The Morgan fingerprint density at radius 3 is 2.80 bits per heavy atom. The van der Waals surface area contributed by atoms with E-state index in [9.17, 15) is 9.90 Å². The smallest absolute Gasteiger partial charge is 0.233 e. The standard InChI is InChI=1S/C16H20BrNO2/c1-11(19)12-5-8-18(10-12)15(20)16(6-7-16)13-3-2-4-14(17)9-13/h2-4,9,11-12,19H,5-8,10H2,1H3. The molecule has 1 amide bonds. The van der Waals surface area contributed by atoms with Gasteiger partial charge in [0.05, 0.1) is 11.5 Å². The zero-order chi connectivity index (χ0) is 14.3. The molecule has 0 radical (unpaired) electrons. The number of benzene rings is 1. The van der Waals surface area contributed by atoms with Gasteiger partial charge >= 0.3 is 0 Å². The van der Waals surface area contributed by atoms with Gasteiger partial charge in [-0.05, 0) is 43.9 Å². The Morgan fingerprint density at radius 2 is 2.25 bits per heavy atom. The Morgan fingerprint density at radius 1 is 1.50 bits per heavy atom. The Labute approximate surface area is 128 Å². The van der Waals surface area contributed by atoms with Crippen LogP contribution in [0.4, 0.5) is 0 Å². The zero-order valence-corrected chi connectivity index (χ0v) is 13.3. The third kappa shape index (κ3) is 2.40. The van der Waals surface area contributed by atoms with E-state index in [1.165, 1.54) is 0 Å². The van der Waals surface area contributed by atoms with Crippen LogP contribution in [0, 0.1) is 5.92 Å². The molecule has 2 atom stereocenters. The van der Waals surface area contributed by atoms with Gasteiger partial charge in [0.25, 0.3) is 0 Å². The minimum absolute atomic E-state index is 0.234. The van der Waals surface area contributed by atoms with Crippen molar-refractivity contribution < 1.29 is 9.90 Å². The Balaban J connectivity index is 1.78. The van der Waals surface area contributed by atoms with Gasteiger partial charge in [-0.1, -0.05) is 28.1 Å². The second kappa shape index (κ2) is 5.15. The van der Waals surface area contributed by atoms with Crippen LogP contribution in [0.3, 0.4) is 0 Å². The van der Waals surface area contributed by atoms with Crippen LogP contribution in [-0.4, -0.2) is 35.1 Å². The van der Waals surface area contributed by atoms with Crippen LogP contribution >= 0.6 is 15.9 Å². The first-order valence-corrected chi connectivity index (χ1v) is 8.06. The van der Waals surface area contributed by atoms with Gasteiger partial charge in [0.2, 0.25) is 5.91 Å². The van der Waals surface area contributed by atoms with E-state index >= 15 is 0 Å². The minimum Gasteiger partial charge on any atom is -0.393 e. The van der Waals surface area contributed by atoms with E-state index in [1.54, 1.807) is 0 Å². The predicted molar refractivity (Wildman–Crippen MR) is 81.4 cm³/mol. The molecular formula is C16H20BrNO2. The van der Waals surface area contributed by atoms with Crippen molar-refractivity contribution in [3.63, 3.8) is 0 Å². The first kappa shape index (κ1) is 14.1. The molecule has 1 aliphatic heterocycles. The average molecular weight is 338 g/mol. The monoisotopic (exact) mass is 337 g/mol. The maximum absolute atomic E-state index is 12.8. The SMILES string of the molecule is CC(O)C1CCN(C(=O)C2(c3cccc(Br)c3)CC2)C1. The van der Waals surface area contributed by atoms with Crippen molar-refractivity contribution in [1.29, 1.82) is 0 Å². The molecular weight excluding hydrogens is 318 g/mol. The largest absolute Gasteiger partial charge is 0.393 e. The molecule has 2 unspecified atom stereocenters. The molecule has 1 heterocycles. The van der Waals surface area contributed by atoms with E-state index in [1.807, 2.05) is 24.0 Å². The predicted octanol–water partition coefficient (Wildman–Crippen LogP) is 2.71. The lowest BCUT2D eigenvalue weighted by Gasteiger charge is -2.24. The van der Waals surface area contributed by atoms with E-state index in [-0.39, 0.29) is 23.3 Å². The van der Waals surface area contributed by atoms with Crippen LogP contribution < -0.4 is 0 Å². The van der Waals surface area contributed by atoms with Gasteiger partial charge < -0.3 is 10.0 Å². The highest BCUT2D eigenvalue weighted by Gasteiger charge is 2.53. The number of rotatable bonds is 3. The number of aliphatic hydroxyl groups is 1. The summed E-state index contributed by atoms with van der Waals surface area (Å²) in [6.45, 7) is 3.30. The van der Waals surface area contributed by atoms with Gasteiger partial charge in [0.15, 0.2) is 0 Å². The third-order valence-electron chi connectivity index (χ3n) is 4.73. The van der Waals surface area contributed by atoms with Crippen molar-refractivity contribution in [2.24, 2.45) is 5.92 Å². The number of hydrogen-bond donors (Lipinski definition) is 1. The fourth-order valence-electron chi connectivity index (χ4n) is 3.21. The molecule has 1 saturated heterocycles. The molecule has 4 heteroatoms. The summed E-state index contributed by atoms with van der Waals surface area (Å²) < 4.78 is 1.03. The van der Waals surface area contributed by atoms with E-state index in [4.69, 9.17) is 0 Å². The van der Waals surface area contributed by atoms with Crippen LogP contribution in [0.25, 0.3) is 0 Å². The molecule has 1 saturated carbocycles. The van der Waals surface area contributed by atoms with Gasteiger partial charge in [-0.3, -0.25) is 4.79 Å². The van der Waals surface area contributed by atoms with Crippen molar-refractivity contribution in [3.05, 3.63) is 34.3 Å². The molecule has 1 aromatic rings. The molecule has 2 aliphatic rings. The van der Waals surface area contributed by atoms with Crippen molar-refractivity contribution in [1.82, 2.24) is 4.90 Å². The molecule has 3 rings (SSSR count). The van der Waals surface area contributed by atoms with Crippen molar-refractivity contribution in [3.8, 4) is 0 Å². The quantitative estimate of drug-likeness (QED) is 0.921. The second-order valence-electron chi connectivity index (χ2n) is 6.13. The molecule has 1 N–H and O–H groups in total. The summed E-state index contributed by atoms with van der Waals surface area (Å²) in [5, 5.41) is 9.68. The van der Waals surface area contributed by atoms with E-state index < -0.39 is 0 Å². The molecule has 2 fully saturated rings. The van der Waals surface area contributed by atoms with E-state index in [0.717, 1.165) is 35.8 Å². The van der Waals surface area contributed by atoms with Crippen molar-refractivity contribution >= 4 is 21.8 Å². The van der Waals surface area contributed by atoms with Crippen LogP contribution in [0.1, 0.15) is 31.7 Å². The molecule has 0 bridgehead atoms. The lowest BCUT2D eigenvalue weighted by atomic mass is 9.94. The maximum atomic E-state index is 12.8. The highest BCUT2D eigenvalue weighted by atomic mass is 79.9. The van der Waals surface area contributed by atoms with E-state index in [0.29, 0.717) is 6.54 Å². The molecule has 20 heavy (non-hydrogen) atoms. The number of likely N-dealkylation sites (tertiary alicyclic amines) is 1. The Hall–Kier alpha value is -0.870. The molecule has 1 aliphatic carbocycles. The summed E-state index contributed by atoms with van der Waals surface area (Å²) in [5.41, 5.74) is 0.828. The average Bonchev–Trinajstić information content (AvgIpc) is 3.08. The highest BCUT2D eigenvalue weighted by molar-refractivity contribution is 9.10. The van der Waals surface area contributed by atoms with Crippen LogP contribution in [0.2, 0.25) is 0 Å². The number of nitrogens with zero attached hydrogens (tertiary/aromatic N) is 1. The van der Waals surface area contributed by atoms with Gasteiger partial charge in [-0.2, -0.15) is 0 Å². The second-order valence-corrected chi connectivity index (χ2v) is 7.05. The molecule has 108 valence electrons. The number of carbonyl (C=O) groups excluding carboxylic acids is 1. The lowest BCUT2D eigenvalue weighted by Crippen LogP contribution is -2.38. The normalized spacial score (nSPS) is 25.6. The fourth-order valence-corrected chi connectivity index (χ4v) is 3.60. The number of amides is 1. The van der Waals surface area contributed by atoms with Crippen LogP contribution in [0.5, 0.6) is 0 Å². The van der Waals surface area contributed by atoms with Crippen molar-refractivity contribution in [2.75, 3.05) is 13.1 Å². The summed E-state index contributed by atoms with van der Waals surface area (Å²) in [6, 6.07) is 8.10. The van der Waals surface area contributed by atoms with E-state index in [2.05, 4.69) is 28.1 Å². The summed E-state index contributed by atoms with van der Waals surface area (Å²) in [5.74, 6) is 0.482. The van der Waals surface area contributed by atoms with Gasteiger partial charge in [0.1, 0.15) is 0 Å². The van der Waals surface area contributed by atoms with Crippen LogP contribution in [-0.2, 0) is 10.2 Å². The van der Waals surface area contributed by atoms with Crippen LogP contribution in [0.15, 0.2) is 28.7 Å². The first-order valence-electron chi connectivity index (χ1n) is 7.26. The maximum Gasteiger partial charge on any atom is 0.233 e. The Bertz CT molecular complexity index is 525. The molecule has 0 spiro atoms. The molecule has 0 aromatic heterocycles. The Kier molecular flexibility index (Phi) is 3.63. The molecule has 3 nitrogen and oxygen atoms in total. The lowest BCUT2D eigenvalue weighted by molar-refractivity contribution is -0.133. The van der Waals surface area contributed by atoms with Gasteiger partial charge in [0, 0.05) is 23.5 Å². The summed E-state index contributed by atoms with van der Waals surface area (Å²) >= 11 is 3.49. The van der Waals surface area contributed by atoms with Gasteiger partial charge in [-0.25, -0.2) is 0 Å². The number of aliphatic hydroxyl groups excluding tert-OH is 1. The van der Waals surface area contributed by atoms with Crippen molar-refractivity contribution in [2.45, 2.75) is 37.7 Å². The number of halogens is 1. The minimum atomic E-state index is -0.325. The summed E-state index contributed by atoms with van der Waals surface area (Å²) in [4.78, 5) is 14.8. The third-order valence-corrected chi connectivity index (χ3v) is 5.22. The summed E-state index contributed by atoms with van der Waals surface area (Å²) in [6.07, 6.45) is 2.47. The highest BCUT2D eigenvalue weighted by Crippen LogP contribution is 2.50. The number of carbonyl (C=O) groups is 1. The van der Waals surface area contributed by atoms with Gasteiger partial charge in [-0.15, -0.1) is 0 Å². The number of hydrogen-bond acceptors (Lipinski definition) is 2. The molecule has 1 aromatic carbocycles.